The molecule has 0 spiro atoms. The van der Waals surface area contributed by atoms with Crippen LogP contribution in [0.15, 0.2) is 60.8 Å². The van der Waals surface area contributed by atoms with E-state index in [1.807, 2.05) is 42.6 Å². The van der Waals surface area contributed by atoms with Crippen molar-refractivity contribution in [3.63, 3.8) is 0 Å². The standard InChI is InChI=1S/C21H22N2O3/c1-14(2)19(21(25)26)22-20(24)17-9-8-16-10-11-23(18(16)12-17)13-15-6-4-3-5-7-15/h3-12,14,19H,13H2,1-2H3,(H,22,24)(H,25,26). The zero-order valence-corrected chi connectivity index (χ0v) is 14.8. The molecule has 5 nitrogen and oxygen atoms in total. The van der Waals surface area contributed by atoms with Gasteiger partial charge in [0, 0.05) is 23.8 Å². The van der Waals surface area contributed by atoms with Gasteiger partial charge >= 0.3 is 5.97 Å². The number of aromatic nitrogens is 1. The normalized spacial score (nSPS) is 12.3. The van der Waals surface area contributed by atoms with Crippen molar-refractivity contribution in [3.8, 4) is 0 Å². The summed E-state index contributed by atoms with van der Waals surface area (Å²) >= 11 is 0. The van der Waals surface area contributed by atoms with Crippen molar-refractivity contribution in [2.24, 2.45) is 5.92 Å². The molecule has 0 aliphatic carbocycles. The highest BCUT2D eigenvalue weighted by Crippen LogP contribution is 2.19. The fourth-order valence-electron chi connectivity index (χ4n) is 2.98. The van der Waals surface area contributed by atoms with Crippen LogP contribution in [-0.4, -0.2) is 27.6 Å². The summed E-state index contributed by atoms with van der Waals surface area (Å²) in [6, 6.07) is 16.6. The Bertz CT molecular complexity index is 929. The predicted octanol–water partition coefficient (Wildman–Crippen LogP) is 3.53. The molecule has 0 saturated heterocycles. The molecule has 3 rings (SSSR count). The number of benzene rings is 2. The molecule has 1 heterocycles. The van der Waals surface area contributed by atoms with Crippen LogP contribution in [0.5, 0.6) is 0 Å². The topological polar surface area (TPSA) is 71.3 Å². The number of hydrogen-bond donors (Lipinski definition) is 2. The van der Waals surface area contributed by atoms with Crippen LogP contribution in [0.25, 0.3) is 10.9 Å². The molecule has 0 aliphatic rings. The van der Waals surface area contributed by atoms with Gasteiger partial charge in [-0.3, -0.25) is 4.79 Å². The van der Waals surface area contributed by atoms with E-state index in [9.17, 15) is 14.7 Å². The van der Waals surface area contributed by atoms with Gasteiger partial charge in [0.2, 0.25) is 0 Å². The van der Waals surface area contributed by atoms with Crippen LogP contribution in [0.1, 0.15) is 29.8 Å². The number of carboxylic acids is 1. The van der Waals surface area contributed by atoms with Gasteiger partial charge in [-0.2, -0.15) is 0 Å². The highest BCUT2D eigenvalue weighted by atomic mass is 16.4. The predicted molar refractivity (Wildman–Crippen MR) is 101 cm³/mol. The SMILES string of the molecule is CC(C)C(NC(=O)c1ccc2ccn(Cc3ccccc3)c2c1)C(=O)O. The van der Waals surface area contributed by atoms with Crippen LogP contribution in [0, 0.1) is 5.92 Å². The van der Waals surface area contributed by atoms with Gasteiger partial charge < -0.3 is 15.0 Å². The van der Waals surface area contributed by atoms with Gasteiger partial charge in [0.05, 0.1) is 0 Å². The summed E-state index contributed by atoms with van der Waals surface area (Å²) in [5.74, 6) is -1.59. The number of fused-ring (bicyclic) bond motifs is 1. The molecular formula is C21H22N2O3. The molecule has 26 heavy (non-hydrogen) atoms. The third kappa shape index (κ3) is 3.77. The summed E-state index contributed by atoms with van der Waals surface area (Å²) < 4.78 is 2.08. The maximum absolute atomic E-state index is 12.5. The van der Waals surface area contributed by atoms with E-state index < -0.39 is 12.0 Å². The summed E-state index contributed by atoms with van der Waals surface area (Å²) in [5.41, 5.74) is 2.57. The zero-order valence-electron chi connectivity index (χ0n) is 14.8. The molecule has 0 radical (unpaired) electrons. The van der Waals surface area contributed by atoms with Crippen LogP contribution >= 0.6 is 0 Å². The van der Waals surface area contributed by atoms with Gasteiger partial charge in [0.25, 0.3) is 5.91 Å². The lowest BCUT2D eigenvalue weighted by Gasteiger charge is -2.18. The number of rotatable bonds is 6. The first-order chi connectivity index (χ1) is 12.5. The molecule has 1 unspecified atom stereocenters. The third-order valence-corrected chi connectivity index (χ3v) is 4.45. The zero-order chi connectivity index (χ0) is 18.7. The molecule has 0 saturated carbocycles. The van der Waals surface area contributed by atoms with E-state index in [1.54, 1.807) is 19.9 Å². The molecule has 0 bridgehead atoms. The molecule has 134 valence electrons. The Morgan fingerprint density at radius 2 is 1.81 bits per heavy atom. The maximum atomic E-state index is 12.5. The van der Waals surface area contributed by atoms with Crippen LogP contribution in [0.3, 0.4) is 0 Å². The summed E-state index contributed by atoms with van der Waals surface area (Å²) in [5, 5.41) is 12.9. The second kappa shape index (κ2) is 7.44. The third-order valence-electron chi connectivity index (χ3n) is 4.45. The Morgan fingerprint density at radius 1 is 1.08 bits per heavy atom. The van der Waals surface area contributed by atoms with E-state index in [-0.39, 0.29) is 11.8 Å². The number of nitrogens with one attached hydrogen (secondary N) is 1. The van der Waals surface area contributed by atoms with Crippen LogP contribution < -0.4 is 5.32 Å². The number of carboxylic acid groups (broad SMARTS) is 1. The first kappa shape index (κ1) is 17.7. The van der Waals surface area contributed by atoms with Gasteiger partial charge in [-0.05, 0) is 35.1 Å². The van der Waals surface area contributed by atoms with Gasteiger partial charge in [-0.25, -0.2) is 4.79 Å². The van der Waals surface area contributed by atoms with Crippen molar-refractivity contribution in [3.05, 3.63) is 71.9 Å². The molecule has 1 atom stereocenters. The van der Waals surface area contributed by atoms with Crippen molar-refractivity contribution in [1.29, 1.82) is 0 Å². The Labute approximate surface area is 152 Å². The Morgan fingerprint density at radius 3 is 2.46 bits per heavy atom. The quantitative estimate of drug-likeness (QED) is 0.714. The molecule has 1 aromatic heterocycles. The first-order valence-electron chi connectivity index (χ1n) is 8.62. The Kier molecular flexibility index (Phi) is 5.07. The van der Waals surface area contributed by atoms with Crippen molar-refractivity contribution < 1.29 is 14.7 Å². The number of aliphatic carboxylic acids is 1. The number of hydrogen-bond acceptors (Lipinski definition) is 2. The molecule has 2 aromatic carbocycles. The van der Waals surface area contributed by atoms with E-state index in [2.05, 4.69) is 22.0 Å². The van der Waals surface area contributed by atoms with E-state index >= 15 is 0 Å². The molecule has 0 fully saturated rings. The largest absolute Gasteiger partial charge is 0.480 e. The fraction of sp³-hybridized carbons (Fsp3) is 0.238. The summed E-state index contributed by atoms with van der Waals surface area (Å²) in [6.45, 7) is 4.25. The number of nitrogens with zero attached hydrogens (tertiary/aromatic N) is 1. The van der Waals surface area contributed by atoms with Gasteiger partial charge in [-0.15, -0.1) is 0 Å². The van der Waals surface area contributed by atoms with Gasteiger partial charge in [0.15, 0.2) is 0 Å². The van der Waals surface area contributed by atoms with Gasteiger partial charge in [0.1, 0.15) is 6.04 Å². The second-order valence-electron chi connectivity index (χ2n) is 6.74. The molecule has 5 heteroatoms. The van der Waals surface area contributed by atoms with Crippen LogP contribution in [0.2, 0.25) is 0 Å². The smallest absolute Gasteiger partial charge is 0.326 e. The van der Waals surface area contributed by atoms with Crippen molar-refractivity contribution in [2.45, 2.75) is 26.4 Å². The highest BCUT2D eigenvalue weighted by molar-refractivity contribution is 5.99. The minimum Gasteiger partial charge on any atom is -0.480 e. The molecule has 0 aliphatic heterocycles. The van der Waals surface area contributed by atoms with Crippen molar-refractivity contribution >= 4 is 22.8 Å². The van der Waals surface area contributed by atoms with Crippen LogP contribution in [-0.2, 0) is 11.3 Å². The molecular weight excluding hydrogens is 328 g/mol. The lowest BCUT2D eigenvalue weighted by atomic mass is 10.0. The molecule has 2 N–H and O–H groups in total. The highest BCUT2D eigenvalue weighted by Gasteiger charge is 2.24. The first-order valence-corrected chi connectivity index (χ1v) is 8.62. The second-order valence-corrected chi connectivity index (χ2v) is 6.74. The van der Waals surface area contributed by atoms with Crippen molar-refractivity contribution in [2.75, 3.05) is 0 Å². The van der Waals surface area contributed by atoms with E-state index in [4.69, 9.17) is 0 Å². The number of amides is 1. The summed E-state index contributed by atoms with van der Waals surface area (Å²) in [7, 11) is 0. The van der Waals surface area contributed by atoms with E-state index in [1.165, 1.54) is 5.56 Å². The monoisotopic (exact) mass is 350 g/mol. The minimum atomic E-state index is -1.03. The average Bonchev–Trinajstić information content (AvgIpc) is 3.02. The van der Waals surface area contributed by atoms with Crippen LogP contribution in [0.4, 0.5) is 0 Å². The summed E-state index contributed by atoms with van der Waals surface area (Å²) in [4.78, 5) is 23.8. The lowest BCUT2D eigenvalue weighted by Crippen LogP contribution is -2.44. The molecule has 3 aromatic rings. The number of carbonyl (C=O) groups is 2. The average molecular weight is 350 g/mol. The maximum Gasteiger partial charge on any atom is 0.326 e. The van der Waals surface area contributed by atoms with Crippen molar-refractivity contribution in [1.82, 2.24) is 9.88 Å². The fourth-order valence-corrected chi connectivity index (χ4v) is 2.98. The van der Waals surface area contributed by atoms with E-state index in [0.29, 0.717) is 12.1 Å². The van der Waals surface area contributed by atoms with Gasteiger partial charge in [-0.1, -0.05) is 50.2 Å². The lowest BCUT2D eigenvalue weighted by molar-refractivity contribution is -0.140. The Hall–Kier alpha value is -3.08. The minimum absolute atomic E-state index is 0.192. The summed E-state index contributed by atoms with van der Waals surface area (Å²) in [6.07, 6.45) is 1.99. The number of carbonyl (C=O) groups excluding carboxylic acids is 1. The Balaban J connectivity index is 1.87. The van der Waals surface area contributed by atoms with E-state index in [0.717, 1.165) is 10.9 Å². The molecule has 1 amide bonds.